The first-order valence-electron chi connectivity index (χ1n) is 4.92. The van der Waals surface area contributed by atoms with Crippen molar-refractivity contribution in [2.24, 2.45) is 17.3 Å². The molecule has 0 aromatic carbocycles. The maximum atomic E-state index is 3.95. The predicted molar refractivity (Wildman–Crippen MR) is 48.4 cm³/mol. The van der Waals surface area contributed by atoms with Gasteiger partial charge < -0.3 is 0 Å². The number of hydrogen-bond donors (Lipinski definition) is 0. The van der Waals surface area contributed by atoms with Gasteiger partial charge in [-0.1, -0.05) is 25.8 Å². The normalized spacial score (nSPS) is 49.2. The first-order valence-corrected chi connectivity index (χ1v) is 4.92. The molecule has 0 bridgehead atoms. The van der Waals surface area contributed by atoms with E-state index in [1.165, 1.54) is 32.1 Å². The Morgan fingerprint density at radius 2 is 2.18 bits per heavy atom. The molecule has 0 amide bonds. The molecule has 2 fully saturated rings. The van der Waals surface area contributed by atoms with Crippen molar-refractivity contribution >= 4 is 0 Å². The first kappa shape index (κ1) is 7.39. The van der Waals surface area contributed by atoms with E-state index in [0.29, 0.717) is 0 Å². The molecule has 11 heavy (non-hydrogen) atoms. The van der Waals surface area contributed by atoms with Gasteiger partial charge in [0, 0.05) is 0 Å². The van der Waals surface area contributed by atoms with Gasteiger partial charge in [-0.25, -0.2) is 0 Å². The van der Waals surface area contributed by atoms with Gasteiger partial charge >= 0.3 is 0 Å². The molecule has 0 nitrogen and oxygen atoms in total. The minimum absolute atomic E-state index is 0.736. The first-order chi connectivity index (χ1) is 5.29. The van der Waals surface area contributed by atoms with Gasteiger partial charge in [0.25, 0.3) is 0 Å². The van der Waals surface area contributed by atoms with E-state index in [0.717, 1.165) is 17.3 Å². The van der Waals surface area contributed by atoms with Crippen molar-refractivity contribution in [3.05, 3.63) is 12.7 Å². The van der Waals surface area contributed by atoms with Gasteiger partial charge in [-0.2, -0.15) is 0 Å². The Bertz CT molecular complexity index is 171. The largest absolute Gasteiger partial charge is 0.103 e. The van der Waals surface area contributed by atoms with Crippen LogP contribution in [0, 0.1) is 17.3 Å². The van der Waals surface area contributed by atoms with E-state index in [1.54, 1.807) is 0 Å². The molecular weight excluding hydrogens is 132 g/mol. The van der Waals surface area contributed by atoms with Gasteiger partial charge in [-0.05, 0) is 36.5 Å². The lowest BCUT2D eigenvalue weighted by atomic mass is 9.75. The highest BCUT2D eigenvalue weighted by atomic mass is 14.6. The summed E-state index contributed by atoms with van der Waals surface area (Å²) in [5.74, 6) is 1.84. The molecular formula is C11H18. The van der Waals surface area contributed by atoms with E-state index >= 15 is 0 Å². The molecule has 0 aromatic heterocycles. The van der Waals surface area contributed by atoms with Crippen molar-refractivity contribution in [1.29, 1.82) is 0 Å². The molecule has 2 saturated carbocycles. The van der Waals surface area contributed by atoms with Crippen LogP contribution in [0.4, 0.5) is 0 Å². The molecule has 0 heteroatoms. The summed E-state index contributed by atoms with van der Waals surface area (Å²) in [5.41, 5.74) is 0.736. The van der Waals surface area contributed by atoms with Crippen LogP contribution in [0.25, 0.3) is 0 Å². The summed E-state index contributed by atoms with van der Waals surface area (Å²) in [4.78, 5) is 0. The van der Waals surface area contributed by atoms with Crippen LogP contribution in [-0.4, -0.2) is 0 Å². The van der Waals surface area contributed by atoms with E-state index in [4.69, 9.17) is 0 Å². The van der Waals surface area contributed by atoms with E-state index in [9.17, 15) is 0 Å². The molecule has 0 N–H and O–H groups in total. The average molecular weight is 150 g/mol. The minimum atomic E-state index is 0.736. The second-order valence-corrected chi connectivity index (χ2v) is 4.43. The fourth-order valence-electron chi connectivity index (χ4n) is 3.02. The van der Waals surface area contributed by atoms with Crippen LogP contribution >= 0.6 is 0 Å². The summed E-state index contributed by atoms with van der Waals surface area (Å²) in [7, 11) is 0. The van der Waals surface area contributed by atoms with Crippen molar-refractivity contribution in [2.45, 2.75) is 39.0 Å². The average Bonchev–Trinajstić information content (AvgIpc) is 2.63. The Labute approximate surface area is 69.7 Å². The SMILES string of the molecule is C=CC1CCCCC12CC2C. The third-order valence-electron chi connectivity index (χ3n) is 3.94. The zero-order chi connectivity index (χ0) is 7.90. The number of rotatable bonds is 1. The van der Waals surface area contributed by atoms with E-state index in [-0.39, 0.29) is 0 Å². The highest BCUT2D eigenvalue weighted by molar-refractivity contribution is 5.10. The molecule has 2 aliphatic carbocycles. The van der Waals surface area contributed by atoms with Crippen molar-refractivity contribution in [3.8, 4) is 0 Å². The Morgan fingerprint density at radius 1 is 1.45 bits per heavy atom. The molecule has 2 aliphatic rings. The van der Waals surface area contributed by atoms with Gasteiger partial charge in [-0.3, -0.25) is 0 Å². The highest BCUT2D eigenvalue weighted by Crippen LogP contribution is 2.64. The van der Waals surface area contributed by atoms with Crippen LogP contribution in [0.15, 0.2) is 12.7 Å². The van der Waals surface area contributed by atoms with Crippen LogP contribution in [0.1, 0.15) is 39.0 Å². The van der Waals surface area contributed by atoms with Crippen molar-refractivity contribution in [2.75, 3.05) is 0 Å². The molecule has 3 unspecified atom stereocenters. The summed E-state index contributed by atoms with van der Waals surface area (Å²) < 4.78 is 0. The van der Waals surface area contributed by atoms with Crippen LogP contribution in [0.5, 0.6) is 0 Å². The lowest BCUT2D eigenvalue weighted by Crippen LogP contribution is -2.20. The topological polar surface area (TPSA) is 0 Å². The smallest absolute Gasteiger partial charge is 0.0177 e. The maximum absolute atomic E-state index is 3.95. The Kier molecular flexibility index (Phi) is 1.59. The van der Waals surface area contributed by atoms with Crippen LogP contribution in [0.2, 0.25) is 0 Å². The van der Waals surface area contributed by atoms with Gasteiger partial charge in [0.2, 0.25) is 0 Å². The number of hydrogen-bond acceptors (Lipinski definition) is 0. The highest BCUT2D eigenvalue weighted by Gasteiger charge is 2.55. The zero-order valence-corrected chi connectivity index (χ0v) is 7.47. The Morgan fingerprint density at radius 3 is 2.64 bits per heavy atom. The van der Waals surface area contributed by atoms with Crippen LogP contribution < -0.4 is 0 Å². The van der Waals surface area contributed by atoms with Crippen molar-refractivity contribution < 1.29 is 0 Å². The summed E-state index contributed by atoms with van der Waals surface area (Å²) in [6.07, 6.45) is 9.48. The minimum Gasteiger partial charge on any atom is -0.103 e. The third-order valence-corrected chi connectivity index (χ3v) is 3.94. The van der Waals surface area contributed by atoms with Gasteiger partial charge in [0.1, 0.15) is 0 Å². The Hall–Kier alpha value is -0.260. The second kappa shape index (κ2) is 2.36. The molecule has 0 aromatic rings. The molecule has 2 rings (SSSR count). The van der Waals surface area contributed by atoms with Crippen molar-refractivity contribution in [1.82, 2.24) is 0 Å². The summed E-state index contributed by atoms with van der Waals surface area (Å²) in [6, 6.07) is 0. The summed E-state index contributed by atoms with van der Waals surface area (Å²) in [6.45, 7) is 6.36. The van der Waals surface area contributed by atoms with Gasteiger partial charge in [0.05, 0.1) is 0 Å². The standard InChI is InChI=1S/C11H18/c1-3-10-6-4-5-7-11(10)8-9(11)2/h3,9-10H,1,4-8H2,2H3. The van der Waals surface area contributed by atoms with Crippen molar-refractivity contribution in [3.63, 3.8) is 0 Å². The molecule has 1 spiro atoms. The zero-order valence-electron chi connectivity index (χ0n) is 7.47. The lowest BCUT2D eigenvalue weighted by Gasteiger charge is -2.30. The quantitative estimate of drug-likeness (QED) is 0.503. The molecule has 0 aliphatic heterocycles. The van der Waals surface area contributed by atoms with E-state index < -0.39 is 0 Å². The van der Waals surface area contributed by atoms with Gasteiger partial charge in [-0.15, -0.1) is 6.58 Å². The molecule has 0 radical (unpaired) electrons. The van der Waals surface area contributed by atoms with Crippen LogP contribution in [0.3, 0.4) is 0 Å². The van der Waals surface area contributed by atoms with Gasteiger partial charge in [0.15, 0.2) is 0 Å². The van der Waals surface area contributed by atoms with E-state index in [1.807, 2.05) is 0 Å². The lowest BCUT2D eigenvalue weighted by molar-refractivity contribution is 0.240. The van der Waals surface area contributed by atoms with E-state index in [2.05, 4.69) is 19.6 Å². The second-order valence-electron chi connectivity index (χ2n) is 4.43. The molecule has 0 heterocycles. The third kappa shape index (κ3) is 0.953. The molecule has 0 saturated heterocycles. The number of allylic oxidation sites excluding steroid dienone is 1. The summed E-state index contributed by atoms with van der Waals surface area (Å²) in [5, 5.41) is 0. The summed E-state index contributed by atoms with van der Waals surface area (Å²) >= 11 is 0. The Balaban J connectivity index is 2.10. The van der Waals surface area contributed by atoms with Crippen LogP contribution in [-0.2, 0) is 0 Å². The molecule has 3 atom stereocenters. The fraction of sp³-hybridized carbons (Fsp3) is 0.818. The predicted octanol–water partition coefficient (Wildman–Crippen LogP) is 3.39. The fourth-order valence-corrected chi connectivity index (χ4v) is 3.02. The maximum Gasteiger partial charge on any atom is -0.0177 e. The monoisotopic (exact) mass is 150 g/mol. The molecule has 62 valence electrons.